The molecule has 1 aromatic heterocycles. The second-order valence-corrected chi connectivity index (χ2v) is 5.42. The monoisotopic (exact) mass is 312 g/mol. The second-order valence-electron chi connectivity index (χ2n) is 5.42. The second kappa shape index (κ2) is 7.58. The van der Waals surface area contributed by atoms with Gasteiger partial charge in [0.25, 0.3) is 6.02 Å². The molecule has 8 heteroatoms. The molecule has 0 unspecified atom stereocenters. The summed E-state index contributed by atoms with van der Waals surface area (Å²) in [6, 6.07) is 2.60. The SMILES string of the molecule is CN=C(NC(=O)OC(C)(C)C)OCCc1nc(N)ccc1F. The molecule has 0 fully saturated rings. The van der Waals surface area contributed by atoms with Crippen molar-refractivity contribution in [2.45, 2.75) is 32.8 Å². The number of amides is 1. The Labute approximate surface area is 128 Å². The molecule has 0 bridgehead atoms. The van der Waals surface area contributed by atoms with Crippen LogP contribution < -0.4 is 11.1 Å². The predicted molar refractivity (Wildman–Crippen MR) is 81.0 cm³/mol. The Balaban J connectivity index is 2.48. The van der Waals surface area contributed by atoms with Crippen molar-refractivity contribution in [2.75, 3.05) is 19.4 Å². The van der Waals surface area contributed by atoms with E-state index in [0.717, 1.165) is 0 Å². The number of anilines is 1. The number of nitrogen functional groups attached to an aromatic ring is 1. The number of aliphatic imine (C=N–C) groups is 1. The molecular weight excluding hydrogens is 291 g/mol. The highest BCUT2D eigenvalue weighted by molar-refractivity contribution is 5.90. The fraction of sp³-hybridized carbons (Fsp3) is 0.500. The van der Waals surface area contributed by atoms with Crippen LogP contribution in [0, 0.1) is 5.82 Å². The highest BCUT2D eigenvalue weighted by Crippen LogP contribution is 2.08. The lowest BCUT2D eigenvalue weighted by atomic mass is 10.2. The molecule has 3 N–H and O–H groups in total. The van der Waals surface area contributed by atoms with Crippen molar-refractivity contribution in [3.05, 3.63) is 23.6 Å². The van der Waals surface area contributed by atoms with Gasteiger partial charge in [0.2, 0.25) is 0 Å². The van der Waals surface area contributed by atoms with Crippen LogP contribution in [0.4, 0.5) is 15.0 Å². The fourth-order valence-corrected chi connectivity index (χ4v) is 1.47. The van der Waals surface area contributed by atoms with Crippen LogP contribution in [0.15, 0.2) is 17.1 Å². The maximum atomic E-state index is 13.5. The lowest BCUT2D eigenvalue weighted by Crippen LogP contribution is -2.37. The molecule has 1 rings (SSSR count). The molecule has 0 aliphatic carbocycles. The van der Waals surface area contributed by atoms with Crippen LogP contribution in [-0.2, 0) is 15.9 Å². The molecule has 1 amide bonds. The Morgan fingerprint density at radius 2 is 2.14 bits per heavy atom. The van der Waals surface area contributed by atoms with Gasteiger partial charge in [-0.2, -0.15) is 0 Å². The summed E-state index contributed by atoms with van der Waals surface area (Å²) in [4.78, 5) is 19.2. The number of hydrogen-bond acceptors (Lipinski definition) is 6. The third kappa shape index (κ3) is 6.38. The topological polar surface area (TPSA) is 98.8 Å². The molecule has 0 aliphatic rings. The van der Waals surface area contributed by atoms with Gasteiger partial charge in [-0.1, -0.05) is 0 Å². The Morgan fingerprint density at radius 3 is 2.73 bits per heavy atom. The molecule has 0 saturated heterocycles. The first-order valence-corrected chi connectivity index (χ1v) is 6.72. The van der Waals surface area contributed by atoms with Crippen molar-refractivity contribution in [1.82, 2.24) is 10.3 Å². The number of aromatic nitrogens is 1. The molecular formula is C14H21FN4O3. The molecule has 122 valence electrons. The zero-order chi connectivity index (χ0) is 16.8. The zero-order valence-electron chi connectivity index (χ0n) is 13.1. The smallest absolute Gasteiger partial charge is 0.415 e. The molecule has 22 heavy (non-hydrogen) atoms. The summed E-state index contributed by atoms with van der Waals surface area (Å²) in [6.45, 7) is 5.30. The van der Waals surface area contributed by atoms with Crippen molar-refractivity contribution in [3.63, 3.8) is 0 Å². The summed E-state index contributed by atoms with van der Waals surface area (Å²) in [6.07, 6.45) is -0.493. The lowest BCUT2D eigenvalue weighted by molar-refractivity contribution is 0.0548. The molecule has 0 spiro atoms. The number of amidine groups is 1. The normalized spacial score (nSPS) is 12.0. The van der Waals surface area contributed by atoms with Crippen molar-refractivity contribution in [1.29, 1.82) is 0 Å². The first-order chi connectivity index (χ1) is 10.2. The third-order valence-corrected chi connectivity index (χ3v) is 2.33. The van der Waals surface area contributed by atoms with Crippen LogP contribution in [0.5, 0.6) is 0 Å². The number of nitrogens with zero attached hydrogens (tertiary/aromatic N) is 2. The number of alkyl carbamates (subject to hydrolysis) is 1. The number of carbonyl (C=O) groups excluding carboxylic acids is 1. The minimum Gasteiger partial charge on any atom is -0.465 e. The largest absolute Gasteiger partial charge is 0.465 e. The Bertz CT molecular complexity index is 556. The summed E-state index contributed by atoms with van der Waals surface area (Å²) in [5.74, 6) is -0.236. The molecule has 0 saturated carbocycles. The molecule has 0 aromatic carbocycles. The highest BCUT2D eigenvalue weighted by atomic mass is 19.1. The Hall–Kier alpha value is -2.38. The minimum atomic E-state index is -0.679. The number of hydrogen-bond donors (Lipinski definition) is 2. The van der Waals surface area contributed by atoms with Gasteiger partial charge in [0.05, 0.1) is 12.3 Å². The van der Waals surface area contributed by atoms with Gasteiger partial charge in [-0.25, -0.2) is 24.5 Å². The maximum absolute atomic E-state index is 13.5. The summed E-state index contributed by atoms with van der Waals surface area (Å²) in [5.41, 5.74) is 5.05. The number of halogens is 1. The van der Waals surface area contributed by atoms with Crippen LogP contribution in [0.2, 0.25) is 0 Å². The van der Waals surface area contributed by atoms with Crippen molar-refractivity contribution < 1.29 is 18.7 Å². The third-order valence-electron chi connectivity index (χ3n) is 2.33. The first-order valence-electron chi connectivity index (χ1n) is 6.72. The van der Waals surface area contributed by atoms with E-state index >= 15 is 0 Å². The van der Waals surface area contributed by atoms with Gasteiger partial charge in [0.1, 0.15) is 17.2 Å². The average Bonchev–Trinajstić information content (AvgIpc) is 2.39. The quantitative estimate of drug-likeness (QED) is 0.656. The number of nitrogens with one attached hydrogen (secondary N) is 1. The van der Waals surface area contributed by atoms with E-state index in [1.165, 1.54) is 19.2 Å². The van der Waals surface area contributed by atoms with Crippen LogP contribution in [0.25, 0.3) is 0 Å². The van der Waals surface area contributed by atoms with Crippen molar-refractivity contribution in [3.8, 4) is 0 Å². The van der Waals surface area contributed by atoms with Gasteiger partial charge in [-0.3, -0.25) is 0 Å². The van der Waals surface area contributed by atoms with E-state index in [9.17, 15) is 9.18 Å². The summed E-state index contributed by atoms with van der Waals surface area (Å²) < 4.78 is 23.8. The molecule has 0 radical (unpaired) electrons. The standard InChI is InChI=1S/C14H21FN4O3/c1-14(2,3)22-13(20)19-12(17-4)21-8-7-10-9(15)5-6-11(16)18-10/h5-6H,7-8H2,1-4H3,(H2,16,18)(H,17,19,20). The van der Waals surface area contributed by atoms with Crippen molar-refractivity contribution in [2.24, 2.45) is 4.99 Å². The van der Waals surface area contributed by atoms with E-state index in [1.807, 2.05) is 0 Å². The predicted octanol–water partition coefficient (Wildman–Crippen LogP) is 1.87. The van der Waals surface area contributed by atoms with E-state index in [4.69, 9.17) is 15.2 Å². The summed E-state index contributed by atoms with van der Waals surface area (Å²) in [5, 5.41) is 2.36. The van der Waals surface area contributed by atoms with Gasteiger partial charge in [-0.05, 0) is 32.9 Å². The molecule has 7 nitrogen and oxygen atoms in total. The van der Waals surface area contributed by atoms with Gasteiger partial charge in [-0.15, -0.1) is 0 Å². The number of carbonyl (C=O) groups is 1. The van der Waals surface area contributed by atoms with Crippen LogP contribution in [-0.4, -0.2) is 36.4 Å². The van der Waals surface area contributed by atoms with Gasteiger partial charge >= 0.3 is 6.09 Å². The van der Waals surface area contributed by atoms with Gasteiger partial charge < -0.3 is 15.2 Å². The Morgan fingerprint density at radius 1 is 1.45 bits per heavy atom. The van der Waals surface area contributed by atoms with Crippen molar-refractivity contribution >= 4 is 17.9 Å². The average molecular weight is 312 g/mol. The maximum Gasteiger partial charge on any atom is 0.415 e. The van der Waals surface area contributed by atoms with Crippen LogP contribution in [0.3, 0.4) is 0 Å². The van der Waals surface area contributed by atoms with E-state index in [-0.39, 0.29) is 30.6 Å². The number of nitrogens with two attached hydrogens (primary N) is 1. The van der Waals surface area contributed by atoms with Gasteiger partial charge in [0.15, 0.2) is 0 Å². The van der Waals surface area contributed by atoms with Gasteiger partial charge in [0, 0.05) is 13.5 Å². The lowest BCUT2D eigenvalue weighted by Gasteiger charge is -2.20. The Kier molecular flexibility index (Phi) is 6.09. The fourth-order valence-electron chi connectivity index (χ4n) is 1.47. The van der Waals surface area contributed by atoms with E-state index in [1.54, 1.807) is 20.8 Å². The molecule has 0 aliphatic heterocycles. The summed E-state index contributed by atoms with van der Waals surface area (Å²) in [7, 11) is 1.45. The highest BCUT2D eigenvalue weighted by Gasteiger charge is 2.17. The van der Waals surface area contributed by atoms with E-state index < -0.39 is 17.5 Å². The van der Waals surface area contributed by atoms with Crippen LogP contribution >= 0.6 is 0 Å². The van der Waals surface area contributed by atoms with E-state index in [0.29, 0.717) is 0 Å². The first kappa shape index (κ1) is 17.7. The van der Waals surface area contributed by atoms with Crippen LogP contribution in [0.1, 0.15) is 26.5 Å². The minimum absolute atomic E-state index is 0.0152. The molecule has 1 heterocycles. The molecule has 0 atom stereocenters. The zero-order valence-corrected chi connectivity index (χ0v) is 13.1. The number of ether oxygens (including phenoxy) is 2. The summed E-state index contributed by atoms with van der Waals surface area (Å²) >= 11 is 0. The molecule has 1 aromatic rings. The van der Waals surface area contributed by atoms with E-state index in [2.05, 4.69) is 15.3 Å². The number of rotatable bonds is 3. The number of pyridine rings is 1.